The zero-order valence-corrected chi connectivity index (χ0v) is 17.8. The molecule has 0 spiro atoms. The SMILES string of the molecule is CN(Cc1ccc(N2CCOCC2)cc1)C(=O)c1ccc(CSc2ncn[nH]2)cc1. The van der Waals surface area contributed by atoms with E-state index in [1.54, 1.807) is 16.7 Å². The number of carbonyl (C=O) groups is 1. The lowest BCUT2D eigenvalue weighted by Gasteiger charge is -2.29. The van der Waals surface area contributed by atoms with Crippen LogP contribution in [0.1, 0.15) is 21.5 Å². The first-order valence-electron chi connectivity index (χ1n) is 9.93. The number of ether oxygens (including phenoxy) is 1. The summed E-state index contributed by atoms with van der Waals surface area (Å²) in [5.41, 5.74) is 4.14. The van der Waals surface area contributed by atoms with Gasteiger partial charge in [0, 0.05) is 43.7 Å². The standard InChI is InChI=1S/C22H25N5O2S/c1-26(14-17-4-8-20(9-5-17)27-10-12-29-13-11-27)21(28)19-6-2-18(3-7-19)15-30-22-23-16-24-25-22/h2-9,16H,10-15H2,1H3,(H,23,24,25). The highest BCUT2D eigenvalue weighted by molar-refractivity contribution is 7.98. The number of benzene rings is 2. The van der Waals surface area contributed by atoms with E-state index in [0.717, 1.165) is 48.3 Å². The predicted molar refractivity (Wildman–Crippen MR) is 118 cm³/mol. The number of aromatic nitrogens is 3. The number of amides is 1. The van der Waals surface area contributed by atoms with E-state index >= 15 is 0 Å². The Morgan fingerprint density at radius 2 is 1.80 bits per heavy atom. The third-order valence-electron chi connectivity index (χ3n) is 5.05. The third-order valence-corrected chi connectivity index (χ3v) is 6.00. The maximum absolute atomic E-state index is 12.8. The molecule has 0 bridgehead atoms. The molecule has 2 heterocycles. The third kappa shape index (κ3) is 5.20. The fraction of sp³-hybridized carbons (Fsp3) is 0.318. The lowest BCUT2D eigenvalue weighted by molar-refractivity contribution is 0.0785. The molecule has 4 rings (SSSR count). The zero-order valence-electron chi connectivity index (χ0n) is 17.0. The van der Waals surface area contributed by atoms with Gasteiger partial charge >= 0.3 is 0 Å². The Morgan fingerprint density at radius 3 is 2.47 bits per heavy atom. The summed E-state index contributed by atoms with van der Waals surface area (Å²) in [7, 11) is 1.84. The number of aromatic amines is 1. The number of rotatable bonds is 7. The van der Waals surface area contributed by atoms with Crippen LogP contribution in [0.3, 0.4) is 0 Å². The van der Waals surface area contributed by atoms with E-state index in [-0.39, 0.29) is 5.91 Å². The van der Waals surface area contributed by atoms with Crippen LogP contribution in [0.5, 0.6) is 0 Å². The highest BCUT2D eigenvalue weighted by Crippen LogP contribution is 2.20. The van der Waals surface area contributed by atoms with Gasteiger partial charge in [-0.3, -0.25) is 9.89 Å². The molecule has 156 valence electrons. The number of H-pyrrole nitrogens is 1. The summed E-state index contributed by atoms with van der Waals surface area (Å²) < 4.78 is 5.41. The molecule has 8 heteroatoms. The van der Waals surface area contributed by atoms with Crippen molar-refractivity contribution in [3.05, 3.63) is 71.5 Å². The van der Waals surface area contributed by atoms with Gasteiger partial charge in [-0.25, -0.2) is 4.98 Å². The molecular weight excluding hydrogens is 398 g/mol. The number of hydrogen-bond donors (Lipinski definition) is 1. The van der Waals surface area contributed by atoms with E-state index in [9.17, 15) is 4.79 Å². The summed E-state index contributed by atoms with van der Waals surface area (Å²) in [5.74, 6) is 0.788. The quantitative estimate of drug-likeness (QED) is 0.588. The van der Waals surface area contributed by atoms with Gasteiger partial charge in [0.2, 0.25) is 0 Å². The summed E-state index contributed by atoms with van der Waals surface area (Å²) in [4.78, 5) is 21.0. The van der Waals surface area contributed by atoms with Gasteiger partial charge in [0.25, 0.3) is 5.91 Å². The van der Waals surface area contributed by atoms with Gasteiger partial charge in [0.05, 0.1) is 13.2 Å². The first-order valence-corrected chi connectivity index (χ1v) is 10.9. The van der Waals surface area contributed by atoms with Crippen molar-refractivity contribution < 1.29 is 9.53 Å². The highest BCUT2D eigenvalue weighted by atomic mass is 32.2. The molecule has 2 aromatic carbocycles. The minimum Gasteiger partial charge on any atom is -0.378 e. The topological polar surface area (TPSA) is 74.3 Å². The van der Waals surface area contributed by atoms with Gasteiger partial charge in [-0.15, -0.1) is 0 Å². The van der Waals surface area contributed by atoms with Gasteiger partial charge in [0.1, 0.15) is 6.33 Å². The maximum Gasteiger partial charge on any atom is 0.253 e. The Morgan fingerprint density at radius 1 is 1.10 bits per heavy atom. The summed E-state index contributed by atoms with van der Waals surface area (Å²) in [6.07, 6.45) is 1.50. The van der Waals surface area contributed by atoms with Crippen molar-refractivity contribution in [1.29, 1.82) is 0 Å². The molecular formula is C22H25N5O2S. The number of nitrogens with zero attached hydrogens (tertiary/aromatic N) is 4. The summed E-state index contributed by atoms with van der Waals surface area (Å²) >= 11 is 1.58. The monoisotopic (exact) mass is 423 g/mol. The Bertz CT molecular complexity index is 939. The molecule has 0 atom stereocenters. The minimum absolute atomic E-state index is 0.0155. The van der Waals surface area contributed by atoms with Crippen LogP contribution in [0.4, 0.5) is 5.69 Å². The van der Waals surface area contributed by atoms with Crippen LogP contribution in [0.15, 0.2) is 60.0 Å². The molecule has 1 saturated heterocycles. The molecule has 1 N–H and O–H groups in total. The molecule has 3 aromatic rings. The lowest BCUT2D eigenvalue weighted by atomic mass is 10.1. The molecule has 1 fully saturated rings. The molecule has 1 aliphatic heterocycles. The van der Waals surface area contributed by atoms with Crippen molar-refractivity contribution in [3.63, 3.8) is 0 Å². The molecule has 30 heavy (non-hydrogen) atoms. The Hall–Kier alpha value is -2.84. The molecule has 1 aliphatic rings. The van der Waals surface area contributed by atoms with E-state index in [2.05, 4.69) is 44.3 Å². The number of thioether (sulfide) groups is 1. The average molecular weight is 424 g/mol. The van der Waals surface area contributed by atoms with Crippen LogP contribution in [0.2, 0.25) is 0 Å². The van der Waals surface area contributed by atoms with Crippen LogP contribution < -0.4 is 4.90 Å². The molecule has 0 unspecified atom stereocenters. The van der Waals surface area contributed by atoms with E-state index < -0.39 is 0 Å². The van der Waals surface area contributed by atoms with Crippen molar-refractivity contribution in [1.82, 2.24) is 20.1 Å². The molecule has 1 aromatic heterocycles. The summed E-state index contributed by atoms with van der Waals surface area (Å²) in [6, 6.07) is 16.2. The van der Waals surface area contributed by atoms with Gasteiger partial charge in [-0.05, 0) is 35.4 Å². The second-order valence-corrected chi connectivity index (χ2v) is 8.17. The fourth-order valence-corrected chi connectivity index (χ4v) is 4.09. The van der Waals surface area contributed by atoms with E-state index in [0.29, 0.717) is 12.1 Å². The first-order chi connectivity index (χ1) is 14.7. The number of hydrogen-bond acceptors (Lipinski definition) is 6. The molecule has 0 aliphatic carbocycles. The average Bonchev–Trinajstić information content (AvgIpc) is 3.32. The maximum atomic E-state index is 12.8. The molecule has 0 saturated carbocycles. The van der Waals surface area contributed by atoms with E-state index in [4.69, 9.17) is 4.74 Å². The number of morpholine rings is 1. The van der Waals surface area contributed by atoms with Crippen molar-refractivity contribution in [3.8, 4) is 0 Å². The largest absolute Gasteiger partial charge is 0.378 e. The van der Waals surface area contributed by atoms with Gasteiger partial charge in [-0.2, -0.15) is 5.10 Å². The van der Waals surface area contributed by atoms with Gasteiger partial charge in [0.15, 0.2) is 5.16 Å². The zero-order chi connectivity index (χ0) is 20.8. The smallest absolute Gasteiger partial charge is 0.253 e. The Labute approximate surface area is 180 Å². The summed E-state index contributed by atoms with van der Waals surface area (Å²) in [5, 5.41) is 7.46. The van der Waals surface area contributed by atoms with Crippen molar-refractivity contribution in [2.75, 3.05) is 38.3 Å². The van der Waals surface area contributed by atoms with Crippen LogP contribution >= 0.6 is 11.8 Å². The van der Waals surface area contributed by atoms with Crippen molar-refractivity contribution in [2.24, 2.45) is 0 Å². The normalized spacial score (nSPS) is 14.0. The van der Waals surface area contributed by atoms with Crippen molar-refractivity contribution >= 4 is 23.4 Å². The second kappa shape index (κ2) is 9.77. The Balaban J connectivity index is 1.31. The Kier molecular flexibility index (Phi) is 6.66. The highest BCUT2D eigenvalue weighted by Gasteiger charge is 2.14. The van der Waals surface area contributed by atoms with Crippen LogP contribution in [0.25, 0.3) is 0 Å². The molecule has 7 nitrogen and oxygen atoms in total. The van der Waals surface area contributed by atoms with E-state index in [1.807, 2.05) is 31.3 Å². The fourth-order valence-electron chi connectivity index (χ4n) is 3.36. The number of anilines is 1. The first kappa shape index (κ1) is 20.4. The number of carbonyl (C=O) groups excluding carboxylic acids is 1. The van der Waals surface area contributed by atoms with Crippen LogP contribution in [-0.2, 0) is 17.0 Å². The van der Waals surface area contributed by atoms with Crippen molar-refractivity contribution in [2.45, 2.75) is 17.5 Å². The molecule has 0 radical (unpaired) electrons. The number of nitrogens with one attached hydrogen (secondary N) is 1. The van der Waals surface area contributed by atoms with Crippen LogP contribution in [0, 0.1) is 0 Å². The van der Waals surface area contributed by atoms with Gasteiger partial charge < -0.3 is 14.5 Å². The second-order valence-electron chi connectivity index (χ2n) is 7.20. The van der Waals surface area contributed by atoms with E-state index in [1.165, 1.54) is 12.0 Å². The predicted octanol–water partition coefficient (Wildman–Crippen LogP) is 3.21. The van der Waals surface area contributed by atoms with Gasteiger partial charge in [-0.1, -0.05) is 36.0 Å². The summed E-state index contributed by atoms with van der Waals surface area (Å²) in [6.45, 7) is 3.97. The molecule has 1 amide bonds. The lowest BCUT2D eigenvalue weighted by Crippen LogP contribution is -2.36. The van der Waals surface area contributed by atoms with Crippen LogP contribution in [-0.4, -0.2) is 59.3 Å². The minimum atomic E-state index is 0.0155.